The van der Waals surface area contributed by atoms with Crippen LogP contribution in [0, 0.1) is 0 Å². The van der Waals surface area contributed by atoms with Crippen LogP contribution in [0.1, 0.15) is 181 Å². The molecule has 0 amide bonds. The van der Waals surface area contributed by atoms with Crippen molar-refractivity contribution in [3.8, 4) is 0 Å². The van der Waals surface area contributed by atoms with Gasteiger partial charge in [-0.25, -0.2) is 0 Å². The number of hydrogen-bond acceptors (Lipinski definition) is 8. The van der Waals surface area contributed by atoms with Crippen LogP contribution in [-0.4, -0.2) is 80.9 Å². The summed E-state index contributed by atoms with van der Waals surface area (Å²) in [6, 6.07) is 0. The number of carbonyl (C=O) groups is 2. The quantitative estimate of drug-likeness (QED) is 0.0286. The number of allylic oxidation sites excluding steroid dienone is 5. The summed E-state index contributed by atoms with van der Waals surface area (Å²) in [4.78, 5) is 26.7. The first kappa shape index (κ1) is 51.0. The SMILES string of the molecule is CC/C=C\CCCCOC(CCC(=O)OCCCCCCN(CCO)CCCCCCCC(=O)OC/C=C\CCCCCC)OCCCC/C=C\CC. The maximum atomic E-state index is 12.5. The Kier molecular flexibility index (Phi) is 41.1. The smallest absolute Gasteiger partial charge is 0.306 e. The van der Waals surface area contributed by atoms with E-state index in [9.17, 15) is 14.7 Å². The van der Waals surface area contributed by atoms with Crippen LogP contribution in [-0.2, 0) is 28.5 Å². The van der Waals surface area contributed by atoms with Gasteiger partial charge in [0.1, 0.15) is 6.61 Å². The molecule has 53 heavy (non-hydrogen) atoms. The van der Waals surface area contributed by atoms with Gasteiger partial charge in [-0.2, -0.15) is 0 Å². The van der Waals surface area contributed by atoms with Crippen molar-refractivity contribution in [3.05, 3.63) is 36.5 Å². The fraction of sp³-hybridized carbons (Fsp3) is 0.822. The summed E-state index contributed by atoms with van der Waals surface area (Å²) in [6.07, 6.45) is 37.8. The van der Waals surface area contributed by atoms with E-state index in [0.717, 1.165) is 129 Å². The predicted molar refractivity (Wildman–Crippen MR) is 221 cm³/mol. The molecular formula is C45H83NO7. The number of aliphatic hydroxyl groups is 1. The summed E-state index contributed by atoms with van der Waals surface area (Å²) in [5.74, 6) is -0.274. The van der Waals surface area contributed by atoms with Gasteiger partial charge in [-0.05, 0) is 103 Å². The largest absolute Gasteiger partial charge is 0.466 e. The lowest BCUT2D eigenvalue weighted by Gasteiger charge is -2.21. The van der Waals surface area contributed by atoms with E-state index in [2.05, 4.69) is 56.1 Å². The molecule has 0 unspecified atom stereocenters. The minimum atomic E-state index is -0.361. The van der Waals surface area contributed by atoms with E-state index in [1.807, 2.05) is 6.08 Å². The van der Waals surface area contributed by atoms with Gasteiger partial charge in [0, 0.05) is 32.6 Å². The van der Waals surface area contributed by atoms with E-state index in [1.54, 1.807) is 0 Å². The fourth-order valence-electron chi connectivity index (χ4n) is 5.93. The van der Waals surface area contributed by atoms with Crippen LogP contribution in [0.15, 0.2) is 36.5 Å². The van der Waals surface area contributed by atoms with Gasteiger partial charge in [0.2, 0.25) is 0 Å². The van der Waals surface area contributed by atoms with Crippen LogP contribution < -0.4 is 0 Å². The van der Waals surface area contributed by atoms with Crippen LogP contribution in [0.25, 0.3) is 0 Å². The van der Waals surface area contributed by atoms with E-state index in [-0.39, 0.29) is 24.8 Å². The van der Waals surface area contributed by atoms with Crippen LogP contribution in [0.3, 0.4) is 0 Å². The molecule has 0 aliphatic carbocycles. The van der Waals surface area contributed by atoms with Gasteiger partial charge in [0.25, 0.3) is 0 Å². The van der Waals surface area contributed by atoms with E-state index >= 15 is 0 Å². The maximum absolute atomic E-state index is 12.5. The molecule has 0 rings (SSSR count). The standard InChI is InChI=1S/C45H83NO7/c1-4-7-10-13-16-23-28-39-50-43(48)32-25-18-17-19-26-35-46(37-38-47)36-27-20-24-29-40-51-44(49)33-34-45(52-41-30-21-14-11-8-5-2)53-42-31-22-15-12-9-6-3/h8-9,11-12,23,28,45,47H,4-7,10,13-22,24-27,29-42H2,1-3H3/b11-8-,12-9-,28-23-. The second kappa shape index (κ2) is 42.7. The lowest BCUT2D eigenvalue weighted by Crippen LogP contribution is -2.29. The minimum absolute atomic E-state index is 0.0955. The molecule has 0 aromatic carbocycles. The summed E-state index contributed by atoms with van der Waals surface area (Å²) >= 11 is 0. The fourth-order valence-corrected chi connectivity index (χ4v) is 5.93. The third kappa shape index (κ3) is 39.5. The maximum Gasteiger partial charge on any atom is 0.306 e. The Morgan fingerprint density at radius 1 is 0.528 bits per heavy atom. The van der Waals surface area contributed by atoms with Crippen LogP contribution in [0.2, 0.25) is 0 Å². The summed E-state index contributed by atoms with van der Waals surface area (Å²) < 4.78 is 22.9. The third-order valence-corrected chi connectivity index (χ3v) is 9.16. The van der Waals surface area contributed by atoms with Gasteiger partial charge in [-0.3, -0.25) is 9.59 Å². The number of aliphatic hydroxyl groups excluding tert-OH is 1. The molecule has 0 aliphatic heterocycles. The highest BCUT2D eigenvalue weighted by atomic mass is 16.7. The van der Waals surface area contributed by atoms with Crippen molar-refractivity contribution < 1.29 is 33.6 Å². The van der Waals surface area contributed by atoms with Gasteiger partial charge in [0.05, 0.1) is 19.6 Å². The van der Waals surface area contributed by atoms with Gasteiger partial charge >= 0.3 is 11.9 Å². The van der Waals surface area contributed by atoms with Crippen molar-refractivity contribution in [3.63, 3.8) is 0 Å². The van der Waals surface area contributed by atoms with Crippen molar-refractivity contribution in [1.82, 2.24) is 4.90 Å². The molecule has 310 valence electrons. The molecule has 0 atom stereocenters. The molecule has 0 spiro atoms. The first-order chi connectivity index (χ1) is 26.1. The van der Waals surface area contributed by atoms with Crippen molar-refractivity contribution in [1.29, 1.82) is 0 Å². The Balaban J connectivity index is 4.01. The Morgan fingerprint density at radius 2 is 1.04 bits per heavy atom. The van der Waals surface area contributed by atoms with Crippen LogP contribution >= 0.6 is 0 Å². The summed E-state index contributed by atoms with van der Waals surface area (Å²) in [6.45, 7) is 11.5. The average molecular weight is 750 g/mol. The van der Waals surface area contributed by atoms with Crippen molar-refractivity contribution in [2.24, 2.45) is 0 Å². The monoisotopic (exact) mass is 750 g/mol. The topological polar surface area (TPSA) is 94.5 Å². The number of carbonyl (C=O) groups excluding carboxylic acids is 2. The molecule has 0 aromatic rings. The number of ether oxygens (including phenoxy) is 4. The number of unbranched alkanes of at least 4 members (excludes halogenated alkanes) is 15. The van der Waals surface area contributed by atoms with Crippen molar-refractivity contribution in [2.45, 2.75) is 188 Å². The van der Waals surface area contributed by atoms with E-state index < -0.39 is 0 Å². The van der Waals surface area contributed by atoms with Gasteiger partial charge in [-0.15, -0.1) is 0 Å². The molecule has 8 nitrogen and oxygen atoms in total. The zero-order valence-corrected chi connectivity index (χ0v) is 34.7. The van der Waals surface area contributed by atoms with Gasteiger partial charge < -0.3 is 29.0 Å². The first-order valence-corrected chi connectivity index (χ1v) is 21.9. The number of hydrogen-bond donors (Lipinski definition) is 1. The van der Waals surface area contributed by atoms with Crippen LogP contribution in [0.5, 0.6) is 0 Å². The lowest BCUT2D eigenvalue weighted by atomic mass is 10.1. The molecule has 0 aromatic heterocycles. The van der Waals surface area contributed by atoms with Gasteiger partial charge in [0.15, 0.2) is 6.29 Å². The second-order valence-corrected chi connectivity index (χ2v) is 14.2. The van der Waals surface area contributed by atoms with E-state index in [1.165, 1.54) is 25.7 Å². The highest BCUT2D eigenvalue weighted by Gasteiger charge is 2.13. The number of rotatable bonds is 41. The molecule has 0 heterocycles. The highest BCUT2D eigenvalue weighted by molar-refractivity contribution is 5.69. The summed E-state index contributed by atoms with van der Waals surface area (Å²) in [5.41, 5.74) is 0. The molecule has 0 fully saturated rings. The van der Waals surface area contributed by atoms with E-state index in [4.69, 9.17) is 18.9 Å². The Hall–Kier alpha value is -2.00. The average Bonchev–Trinajstić information content (AvgIpc) is 3.15. The molecule has 8 heteroatoms. The molecular weight excluding hydrogens is 666 g/mol. The highest BCUT2D eigenvalue weighted by Crippen LogP contribution is 2.12. The number of esters is 2. The third-order valence-electron chi connectivity index (χ3n) is 9.16. The Labute approximate surface area is 326 Å². The molecule has 0 aliphatic rings. The van der Waals surface area contributed by atoms with Crippen molar-refractivity contribution >= 4 is 11.9 Å². The first-order valence-electron chi connectivity index (χ1n) is 21.9. The zero-order chi connectivity index (χ0) is 38.7. The predicted octanol–water partition coefficient (Wildman–Crippen LogP) is 11.2. The molecule has 0 radical (unpaired) electrons. The minimum Gasteiger partial charge on any atom is -0.466 e. The van der Waals surface area contributed by atoms with Crippen molar-refractivity contribution in [2.75, 3.05) is 52.7 Å². The normalized spacial score (nSPS) is 12.0. The molecule has 0 saturated heterocycles. The Morgan fingerprint density at radius 3 is 1.64 bits per heavy atom. The Bertz CT molecular complexity index is 851. The summed E-state index contributed by atoms with van der Waals surface area (Å²) in [7, 11) is 0. The summed E-state index contributed by atoms with van der Waals surface area (Å²) in [5, 5.41) is 9.52. The number of nitrogens with zero attached hydrogens (tertiary/aromatic N) is 1. The zero-order valence-electron chi connectivity index (χ0n) is 34.7. The van der Waals surface area contributed by atoms with Crippen LogP contribution in [0.4, 0.5) is 0 Å². The second-order valence-electron chi connectivity index (χ2n) is 14.2. The van der Waals surface area contributed by atoms with Gasteiger partial charge in [-0.1, -0.05) is 109 Å². The van der Waals surface area contributed by atoms with E-state index in [0.29, 0.717) is 52.2 Å². The molecule has 1 N–H and O–H groups in total. The molecule has 0 saturated carbocycles. The molecule has 0 bridgehead atoms. The lowest BCUT2D eigenvalue weighted by molar-refractivity contribution is -0.159.